The molecule has 6 N–H and O–H groups in total. The molecule has 0 bridgehead atoms. The van der Waals surface area contributed by atoms with E-state index < -0.39 is 89.5 Å². The fourth-order valence-corrected chi connectivity index (χ4v) is 8.08. The van der Waals surface area contributed by atoms with Crippen LogP contribution in [0.3, 0.4) is 0 Å². The van der Waals surface area contributed by atoms with E-state index in [0.29, 0.717) is 13.0 Å². The molecule has 14 nitrogen and oxygen atoms in total. The number of nitrogens with zero attached hydrogens (tertiary/aromatic N) is 1. The van der Waals surface area contributed by atoms with Crippen LogP contribution in [0, 0.1) is 17.8 Å². The number of cyclic esters (lactones) is 1. The zero-order valence-corrected chi connectivity index (χ0v) is 35.3. The molecule has 1 unspecified atom stereocenters. The number of rotatable bonds is 14. The Kier molecular flexibility index (Phi) is 18.3. The Morgan fingerprint density at radius 3 is 2.30 bits per heavy atom. The third kappa shape index (κ3) is 12.7. The van der Waals surface area contributed by atoms with Gasteiger partial charge in [0.15, 0.2) is 12.1 Å². The van der Waals surface area contributed by atoms with E-state index >= 15 is 0 Å². The number of aliphatic hydroxyl groups excluding tert-OH is 3. The van der Waals surface area contributed by atoms with E-state index in [0.717, 1.165) is 19.3 Å². The van der Waals surface area contributed by atoms with Crippen LogP contribution in [0.25, 0.3) is 0 Å². The fraction of sp³-hybridized carbons (Fsp3) is 0.786. The molecule has 1 aromatic carbocycles. The molecule has 56 heavy (non-hydrogen) atoms. The topological polar surface area (TPSA) is 196 Å². The number of aryl methyl sites for hydroxylation is 1. The van der Waals surface area contributed by atoms with Crippen LogP contribution < -0.4 is 10.6 Å². The van der Waals surface area contributed by atoms with Gasteiger partial charge >= 0.3 is 5.97 Å². The Labute approximate surface area is 334 Å². The van der Waals surface area contributed by atoms with Gasteiger partial charge in [-0.15, -0.1) is 0 Å². The van der Waals surface area contributed by atoms with Crippen LogP contribution in [0.1, 0.15) is 93.1 Å². The van der Waals surface area contributed by atoms with Crippen LogP contribution in [-0.2, 0) is 39.8 Å². The van der Waals surface area contributed by atoms with Gasteiger partial charge < -0.3 is 54.9 Å². The van der Waals surface area contributed by atoms with Crippen molar-refractivity contribution in [3.05, 3.63) is 35.9 Å². The van der Waals surface area contributed by atoms with Crippen molar-refractivity contribution >= 4 is 17.7 Å². The Morgan fingerprint density at radius 2 is 1.68 bits per heavy atom. The predicted octanol–water partition coefficient (Wildman–Crippen LogP) is 2.37. The van der Waals surface area contributed by atoms with Crippen molar-refractivity contribution in [1.82, 2.24) is 15.5 Å². The zero-order valence-electron chi connectivity index (χ0n) is 35.3. The maximum Gasteiger partial charge on any atom is 0.316 e. The highest BCUT2D eigenvalue weighted by Crippen LogP contribution is 2.36. The summed E-state index contributed by atoms with van der Waals surface area (Å²) in [4.78, 5) is 43.4. The van der Waals surface area contributed by atoms with Crippen LogP contribution in [0.15, 0.2) is 30.3 Å². The Hall–Kier alpha value is -2.53. The normalized spacial score (nSPS) is 37.3. The summed E-state index contributed by atoms with van der Waals surface area (Å²) in [5, 5.41) is 51.5. The van der Waals surface area contributed by atoms with Crippen LogP contribution in [0.5, 0.6) is 0 Å². The van der Waals surface area contributed by atoms with Gasteiger partial charge in [-0.3, -0.25) is 14.4 Å². The molecule has 1 aromatic rings. The minimum Gasteiger partial charge on any atom is -0.459 e. The standard InChI is InChI=1S/C42H71N3O11/c1-11-33-42(8,52)36(49)29(6)38(50)44-25(2)22-41(7,53-24-31(46)23-43-20-16-15-19-30-17-13-12-14-18-30)37(27(4)34(47)28(5)39(51)55-33)56-40-35(48)32(45(9)10)21-26(3)54-40/h12-14,17-18,25-29,31-33,35-37,40,43,46,48-49,52H,11,15-16,19-24H2,1-10H3,(H,44,50)/t25-,26-,27+,28-,29-,31?,32+,33-,35-,36-,37-,40+,41-,42-/m1/s1. The van der Waals surface area contributed by atoms with Crippen LogP contribution in [0.4, 0.5) is 0 Å². The zero-order chi connectivity index (χ0) is 42.0. The molecule has 2 heterocycles. The highest BCUT2D eigenvalue weighted by Gasteiger charge is 2.51. The summed E-state index contributed by atoms with van der Waals surface area (Å²) in [7, 11) is 3.70. The summed E-state index contributed by atoms with van der Waals surface area (Å²) in [6.45, 7) is 13.5. The molecule has 2 aliphatic rings. The molecule has 0 aliphatic carbocycles. The Morgan fingerprint density at radius 1 is 1.02 bits per heavy atom. The van der Waals surface area contributed by atoms with Gasteiger partial charge in [0.05, 0.1) is 42.5 Å². The van der Waals surface area contributed by atoms with Gasteiger partial charge in [0, 0.05) is 24.5 Å². The fourth-order valence-electron chi connectivity index (χ4n) is 8.08. The van der Waals surface area contributed by atoms with E-state index in [-0.39, 0.29) is 38.1 Å². The largest absolute Gasteiger partial charge is 0.459 e. The number of likely N-dealkylation sites (N-methyl/N-ethyl adjacent to an activating group) is 1. The van der Waals surface area contributed by atoms with E-state index in [9.17, 15) is 34.8 Å². The lowest BCUT2D eigenvalue weighted by Gasteiger charge is -2.47. The lowest BCUT2D eigenvalue weighted by Crippen LogP contribution is -2.60. The lowest BCUT2D eigenvalue weighted by atomic mass is 9.79. The monoisotopic (exact) mass is 794 g/mol. The molecular formula is C42H71N3O11. The number of ether oxygens (including phenoxy) is 4. The van der Waals surface area contributed by atoms with Crippen LogP contribution >= 0.6 is 0 Å². The van der Waals surface area contributed by atoms with Crippen molar-refractivity contribution in [2.24, 2.45) is 17.8 Å². The molecule has 3 rings (SSSR count). The smallest absolute Gasteiger partial charge is 0.316 e. The molecule has 320 valence electrons. The SMILES string of the molecule is CC[C@H]1OC(=O)[C@H](C)C(=O)[C@H](C)[C@@H](O[C@@H]2O[C@H](C)C[C@H](N(C)C)[C@H]2O)[C@](C)(OCC(O)CNCCCCc2ccccc2)C[C@@H](C)NC(=O)[C@H](C)[C@@H](O)[C@]1(C)O. The number of carbonyl (C=O) groups is 3. The van der Waals surface area contributed by atoms with Gasteiger partial charge in [0.1, 0.15) is 23.7 Å². The summed E-state index contributed by atoms with van der Waals surface area (Å²) >= 11 is 0. The van der Waals surface area contributed by atoms with Gasteiger partial charge in [-0.1, -0.05) is 51.1 Å². The van der Waals surface area contributed by atoms with E-state index in [1.165, 1.54) is 26.3 Å². The summed E-state index contributed by atoms with van der Waals surface area (Å²) in [5.74, 6) is -5.55. The third-order valence-electron chi connectivity index (χ3n) is 11.6. The Bertz CT molecular complexity index is 1380. The molecule has 1 amide bonds. The lowest BCUT2D eigenvalue weighted by molar-refractivity contribution is -0.298. The first-order valence-corrected chi connectivity index (χ1v) is 20.4. The second kappa shape index (κ2) is 21.5. The van der Waals surface area contributed by atoms with Crippen molar-refractivity contribution < 1.29 is 53.8 Å². The van der Waals surface area contributed by atoms with Gasteiger partial charge in [-0.25, -0.2) is 0 Å². The van der Waals surface area contributed by atoms with Crippen molar-refractivity contribution in [1.29, 1.82) is 0 Å². The van der Waals surface area contributed by atoms with Gasteiger partial charge in [-0.05, 0) is 99.3 Å². The third-order valence-corrected chi connectivity index (χ3v) is 11.6. The van der Waals surface area contributed by atoms with Crippen LogP contribution in [-0.4, -0.2) is 143 Å². The van der Waals surface area contributed by atoms with Crippen molar-refractivity contribution in [2.75, 3.05) is 33.8 Å². The molecule has 0 radical (unpaired) electrons. The first-order valence-electron chi connectivity index (χ1n) is 20.4. The summed E-state index contributed by atoms with van der Waals surface area (Å²) in [5.41, 5.74) is -2.18. The van der Waals surface area contributed by atoms with Gasteiger partial charge in [0.25, 0.3) is 0 Å². The number of ketones is 1. The molecule has 2 fully saturated rings. The van der Waals surface area contributed by atoms with Crippen LogP contribution in [0.2, 0.25) is 0 Å². The van der Waals surface area contributed by atoms with E-state index in [1.807, 2.05) is 44.1 Å². The number of nitrogens with one attached hydrogen (secondary N) is 2. The van der Waals surface area contributed by atoms with Gasteiger partial charge in [-0.2, -0.15) is 0 Å². The number of hydrogen-bond acceptors (Lipinski definition) is 13. The first-order chi connectivity index (χ1) is 26.2. The second-order valence-electron chi connectivity index (χ2n) is 16.9. The molecule has 14 heteroatoms. The number of amides is 1. The number of esters is 1. The van der Waals surface area contributed by atoms with Gasteiger partial charge in [0.2, 0.25) is 5.91 Å². The summed E-state index contributed by atoms with van der Waals surface area (Å²) in [6.07, 6.45) is -4.08. The van der Waals surface area contributed by atoms with Crippen molar-refractivity contribution in [3.8, 4) is 0 Å². The molecular weight excluding hydrogens is 722 g/mol. The molecule has 0 aromatic heterocycles. The van der Waals surface area contributed by atoms with E-state index in [1.54, 1.807) is 27.7 Å². The Balaban J connectivity index is 1.95. The van der Waals surface area contributed by atoms with E-state index in [4.69, 9.17) is 18.9 Å². The average molecular weight is 794 g/mol. The van der Waals surface area contributed by atoms with Crippen molar-refractivity contribution in [2.45, 2.75) is 160 Å². The van der Waals surface area contributed by atoms with E-state index in [2.05, 4.69) is 22.8 Å². The van der Waals surface area contributed by atoms with Crippen molar-refractivity contribution in [3.63, 3.8) is 0 Å². The number of hydrogen-bond donors (Lipinski definition) is 6. The average Bonchev–Trinajstić information content (AvgIpc) is 3.15. The maximum absolute atomic E-state index is 14.3. The first kappa shape index (κ1) is 47.8. The quantitative estimate of drug-likeness (QED) is 0.0914. The highest BCUT2D eigenvalue weighted by atomic mass is 16.7. The maximum atomic E-state index is 14.3. The number of carbonyl (C=O) groups excluding carboxylic acids is 3. The second-order valence-corrected chi connectivity index (χ2v) is 16.9. The predicted molar refractivity (Wildman–Crippen MR) is 211 cm³/mol. The summed E-state index contributed by atoms with van der Waals surface area (Å²) in [6, 6.07) is 9.27. The molecule has 0 spiro atoms. The molecule has 0 saturated carbocycles. The number of aliphatic hydroxyl groups is 4. The minimum atomic E-state index is -2.03. The minimum absolute atomic E-state index is 0.0474. The molecule has 2 aliphatic heterocycles. The highest BCUT2D eigenvalue weighted by molar-refractivity contribution is 6.00. The summed E-state index contributed by atoms with van der Waals surface area (Å²) < 4.78 is 25.1. The molecule has 2 saturated heterocycles. The number of Topliss-reactive ketones (excluding diaryl/α,β-unsaturated/α-hetero) is 1. The number of unbranched alkanes of at least 4 members (excludes halogenated alkanes) is 1. The molecule has 14 atom stereocenters. The number of benzene rings is 1.